The number of sulfonamides is 1. The van der Waals surface area contributed by atoms with E-state index in [2.05, 4.69) is 4.83 Å². The SMILES string of the molecule is CCC(Oc1cccc(/C=C2/SC(=S)N(NS(=O)(=O)c3ccccc3)C2=O)c1)C(=O)O. The van der Waals surface area contributed by atoms with Crippen LogP contribution in [0.4, 0.5) is 0 Å². The lowest BCUT2D eigenvalue weighted by atomic mass is 10.2. The van der Waals surface area contributed by atoms with Crippen molar-refractivity contribution >= 4 is 56.3 Å². The van der Waals surface area contributed by atoms with Crippen molar-refractivity contribution in [1.82, 2.24) is 9.84 Å². The quantitative estimate of drug-likeness (QED) is 0.440. The molecule has 3 rings (SSSR count). The topological polar surface area (TPSA) is 113 Å². The summed E-state index contributed by atoms with van der Waals surface area (Å²) in [7, 11) is -3.99. The first kappa shape index (κ1) is 22.9. The number of nitrogens with zero attached hydrogens (tertiary/aromatic N) is 1. The van der Waals surface area contributed by atoms with Crippen molar-refractivity contribution in [1.29, 1.82) is 0 Å². The van der Waals surface area contributed by atoms with Crippen LogP contribution in [0.25, 0.3) is 6.08 Å². The van der Waals surface area contributed by atoms with Gasteiger partial charge in [0.15, 0.2) is 10.4 Å². The van der Waals surface area contributed by atoms with E-state index in [1.54, 1.807) is 49.4 Å². The summed E-state index contributed by atoms with van der Waals surface area (Å²) in [6, 6.07) is 14.2. The second-order valence-electron chi connectivity index (χ2n) is 6.35. The maximum Gasteiger partial charge on any atom is 0.344 e. The van der Waals surface area contributed by atoms with Crippen LogP contribution in [0.2, 0.25) is 0 Å². The van der Waals surface area contributed by atoms with Gasteiger partial charge in [0.05, 0.1) is 9.80 Å². The molecule has 1 amide bonds. The highest BCUT2D eigenvalue weighted by molar-refractivity contribution is 8.26. The zero-order valence-electron chi connectivity index (χ0n) is 16.2. The van der Waals surface area contributed by atoms with Gasteiger partial charge < -0.3 is 9.84 Å². The van der Waals surface area contributed by atoms with E-state index in [-0.39, 0.29) is 14.1 Å². The van der Waals surface area contributed by atoms with E-state index in [9.17, 15) is 18.0 Å². The lowest BCUT2D eigenvalue weighted by Crippen LogP contribution is -2.44. The highest BCUT2D eigenvalue weighted by Crippen LogP contribution is 2.32. The third kappa shape index (κ3) is 5.50. The van der Waals surface area contributed by atoms with Gasteiger partial charge in [-0.15, -0.1) is 4.83 Å². The van der Waals surface area contributed by atoms with Gasteiger partial charge in [-0.05, 0) is 42.3 Å². The van der Waals surface area contributed by atoms with Gasteiger partial charge in [0.25, 0.3) is 15.9 Å². The Hall–Kier alpha value is -2.73. The third-order valence-corrected chi connectivity index (χ3v) is 6.76. The van der Waals surface area contributed by atoms with Crippen molar-refractivity contribution in [2.24, 2.45) is 0 Å². The first-order valence-corrected chi connectivity index (χ1v) is 11.8. The average molecular weight is 479 g/mol. The number of hydrogen-bond donors (Lipinski definition) is 2. The number of carbonyl (C=O) groups is 2. The van der Waals surface area contributed by atoms with Gasteiger partial charge in [-0.25, -0.2) is 18.2 Å². The minimum atomic E-state index is -3.99. The molecule has 1 aliphatic heterocycles. The van der Waals surface area contributed by atoms with E-state index in [0.29, 0.717) is 17.7 Å². The number of carbonyl (C=O) groups excluding carboxylic acids is 1. The van der Waals surface area contributed by atoms with Crippen LogP contribution in [0, 0.1) is 0 Å². The molecule has 1 aliphatic rings. The molecule has 1 saturated heterocycles. The molecule has 0 radical (unpaired) electrons. The lowest BCUT2D eigenvalue weighted by molar-refractivity contribution is -0.145. The molecule has 2 N–H and O–H groups in total. The minimum Gasteiger partial charge on any atom is -0.479 e. The molecule has 0 bridgehead atoms. The number of thiocarbonyl (C=S) groups is 1. The fraction of sp³-hybridized carbons (Fsp3) is 0.150. The van der Waals surface area contributed by atoms with Gasteiger partial charge in [0.1, 0.15) is 5.75 Å². The van der Waals surface area contributed by atoms with Gasteiger partial charge >= 0.3 is 5.97 Å². The normalized spacial score (nSPS) is 16.5. The summed E-state index contributed by atoms with van der Waals surface area (Å²) in [5.41, 5.74) is 0.573. The van der Waals surface area contributed by atoms with E-state index in [0.717, 1.165) is 16.8 Å². The van der Waals surface area contributed by atoms with E-state index in [1.165, 1.54) is 18.2 Å². The zero-order valence-corrected chi connectivity index (χ0v) is 18.7. The Labute approximate surface area is 188 Å². The smallest absolute Gasteiger partial charge is 0.344 e. The number of hydrazine groups is 1. The zero-order chi connectivity index (χ0) is 22.6. The van der Waals surface area contributed by atoms with E-state index in [4.69, 9.17) is 22.1 Å². The van der Waals surface area contributed by atoms with Gasteiger partial charge in [0, 0.05) is 0 Å². The van der Waals surface area contributed by atoms with Crippen molar-refractivity contribution in [3.05, 3.63) is 65.1 Å². The number of rotatable bonds is 8. The summed E-state index contributed by atoms with van der Waals surface area (Å²) in [5.74, 6) is -1.35. The molecule has 31 heavy (non-hydrogen) atoms. The maximum absolute atomic E-state index is 12.7. The fourth-order valence-corrected chi connectivity index (χ4v) is 4.95. The van der Waals surface area contributed by atoms with Gasteiger partial charge in [-0.2, -0.15) is 0 Å². The summed E-state index contributed by atoms with van der Waals surface area (Å²) >= 11 is 6.12. The van der Waals surface area contributed by atoms with Crippen LogP contribution in [-0.4, -0.2) is 40.8 Å². The predicted molar refractivity (Wildman–Crippen MR) is 121 cm³/mol. The number of carboxylic acid groups (broad SMARTS) is 1. The molecule has 1 heterocycles. The van der Waals surface area contributed by atoms with E-state index < -0.39 is 28.0 Å². The van der Waals surface area contributed by atoms with Crippen LogP contribution < -0.4 is 9.57 Å². The fourth-order valence-electron chi connectivity index (χ4n) is 2.62. The van der Waals surface area contributed by atoms with Crippen molar-refractivity contribution in [2.75, 3.05) is 0 Å². The molecular formula is C20H18N2O6S3. The molecule has 2 aromatic carbocycles. The van der Waals surface area contributed by atoms with Crippen LogP contribution in [0.3, 0.4) is 0 Å². The van der Waals surface area contributed by atoms with Gasteiger partial charge in [0.2, 0.25) is 0 Å². The Bertz CT molecular complexity index is 1150. The highest BCUT2D eigenvalue weighted by atomic mass is 32.2. The molecule has 0 saturated carbocycles. The van der Waals surface area contributed by atoms with Crippen molar-refractivity contribution in [2.45, 2.75) is 24.3 Å². The summed E-state index contributed by atoms with van der Waals surface area (Å²) in [5, 5.41) is 9.95. The number of nitrogens with one attached hydrogen (secondary N) is 1. The van der Waals surface area contributed by atoms with E-state index in [1.807, 2.05) is 0 Å². The van der Waals surface area contributed by atoms with E-state index >= 15 is 0 Å². The highest BCUT2D eigenvalue weighted by Gasteiger charge is 2.35. The average Bonchev–Trinajstić information content (AvgIpc) is 2.99. The largest absolute Gasteiger partial charge is 0.479 e. The summed E-state index contributed by atoms with van der Waals surface area (Å²) < 4.78 is 30.5. The minimum absolute atomic E-state index is 0.00166. The number of carboxylic acids is 1. The Morgan fingerprint density at radius 1 is 1.26 bits per heavy atom. The molecule has 162 valence electrons. The Kier molecular flexibility index (Phi) is 7.11. The van der Waals surface area contributed by atoms with Crippen molar-refractivity contribution in [3.63, 3.8) is 0 Å². The second-order valence-corrected chi connectivity index (χ2v) is 9.69. The summed E-state index contributed by atoms with van der Waals surface area (Å²) in [6.45, 7) is 1.70. The van der Waals surface area contributed by atoms with Crippen molar-refractivity contribution < 1.29 is 27.9 Å². The summed E-state index contributed by atoms with van der Waals surface area (Å²) in [4.78, 5) is 26.3. The molecule has 11 heteroatoms. The number of benzene rings is 2. The first-order chi connectivity index (χ1) is 14.7. The molecule has 0 aromatic heterocycles. The first-order valence-electron chi connectivity index (χ1n) is 9.06. The molecular weight excluding hydrogens is 460 g/mol. The number of ether oxygens (including phenoxy) is 1. The molecule has 1 unspecified atom stereocenters. The standard InChI is InChI=1S/C20H18N2O6S3/c1-2-16(19(24)25)28-14-8-6-7-13(11-14)12-17-18(23)22(20(29)30-17)21-31(26,27)15-9-4-3-5-10-15/h3-12,16,21H,2H2,1H3,(H,24,25)/b17-12+. The van der Waals surface area contributed by atoms with Gasteiger partial charge in [-0.3, -0.25) is 4.79 Å². The number of amides is 1. The Morgan fingerprint density at radius 3 is 2.61 bits per heavy atom. The molecule has 1 atom stereocenters. The predicted octanol–water partition coefficient (Wildman–Crippen LogP) is 3.02. The van der Waals surface area contributed by atoms with Crippen LogP contribution in [0.5, 0.6) is 5.75 Å². The number of hydrogen-bond acceptors (Lipinski definition) is 7. The monoisotopic (exact) mass is 478 g/mol. The number of aliphatic carboxylic acids is 1. The lowest BCUT2D eigenvalue weighted by Gasteiger charge is -2.15. The second kappa shape index (κ2) is 9.60. The maximum atomic E-state index is 12.7. The van der Waals surface area contributed by atoms with Crippen LogP contribution in [0.1, 0.15) is 18.9 Å². The van der Waals surface area contributed by atoms with Crippen molar-refractivity contribution in [3.8, 4) is 5.75 Å². The number of thioether (sulfide) groups is 1. The van der Waals surface area contributed by atoms with Crippen LogP contribution in [-0.2, 0) is 19.6 Å². The van der Waals surface area contributed by atoms with Gasteiger partial charge in [-0.1, -0.05) is 61.2 Å². The molecule has 2 aromatic rings. The molecule has 8 nitrogen and oxygen atoms in total. The third-order valence-electron chi connectivity index (χ3n) is 4.14. The summed E-state index contributed by atoms with van der Waals surface area (Å²) in [6.07, 6.45) is 0.839. The molecule has 1 fully saturated rings. The Balaban J connectivity index is 1.79. The van der Waals surface area contributed by atoms with Crippen LogP contribution in [0.15, 0.2) is 64.4 Å². The van der Waals surface area contributed by atoms with Crippen LogP contribution >= 0.6 is 24.0 Å². The molecule has 0 aliphatic carbocycles. The Morgan fingerprint density at radius 2 is 1.97 bits per heavy atom. The molecule has 0 spiro atoms.